The van der Waals surface area contributed by atoms with E-state index in [1.165, 1.54) is 12.1 Å². The molecule has 3 aromatic rings. The molecule has 0 unspecified atom stereocenters. The van der Waals surface area contributed by atoms with Gasteiger partial charge in [-0.25, -0.2) is 13.2 Å². The smallest absolute Gasteiger partial charge is 0.319 e. The maximum absolute atomic E-state index is 12.5. The van der Waals surface area contributed by atoms with Crippen molar-refractivity contribution in [2.24, 2.45) is 0 Å². The Bertz CT molecular complexity index is 1010. The van der Waals surface area contributed by atoms with Crippen molar-refractivity contribution >= 4 is 21.6 Å². The molecule has 28 heavy (non-hydrogen) atoms. The van der Waals surface area contributed by atoms with Gasteiger partial charge in [0.25, 0.3) is 0 Å². The van der Waals surface area contributed by atoms with Crippen molar-refractivity contribution in [3.05, 3.63) is 90.3 Å². The van der Waals surface area contributed by atoms with Crippen LogP contribution in [-0.2, 0) is 22.8 Å². The maximum Gasteiger partial charge on any atom is 0.319 e. The summed E-state index contributed by atoms with van der Waals surface area (Å²) in [5.41, 5.74) is 2.39. The molecule has 0 saturated heterocycles. The zero-order chi connectivity index (χ0) is 19.8. The molecule has 0 atom stereocenters. The number of benzene rings is 2. The average molecular weight is 395 g/mol. The zero-order valence-corrected chi connectivity index (χ0v) is 16.0. The number of carbonyl (C=O) groups is 1. The number of pyridine rings is 1. The number of nitrogens with one attached hydrogen (secondary N) is 2. The van der Waals surface area contributed by atoms with Gasteiger partial charge in [0.15, 0.2) is 9.84 Å². The van der Waals surface area contributed by atoms with Gasteiger partial charge in [0.05, 0.1) is 10.6 Å². The third-order valence-corrected chi connectivity index (χ3v) is 5.88. The number of anilines is 1. The molecular weight excluding hydrogens is 374 g/mol. The average Bonchev–Trinajstić information content (AvgIpc) is 2.73. The summed E-state index contributed by atoms with van der Waals surface area (Å²) in [5.74, 6) is 0.0371. The summed E-state index contributed by atoms with van der Waals surface area (Å²) in [6.45, 7) is 0.353. The topological polar surface area (TPSA) is 88.2 Å². The molecule has 0 radical (unpaired) electrons. The quantitative estimate of drug-likeness (QED) is 0.642. The molecule has 2 aromatic carbocycles. The maximum atomic E-state index is 12.5. The van der Waals surface area contributed by atoms with E-state index in [2.05, 4.69) is 15.6 Å². The van der Waals surface area contributed by atoms with Gasteiger partial charge < -0.3 is 10.6 Å². The monoisotopic (exact) mass is 395 g/mol. The largest absolute Gasteiger partial charge is 0.334 e. The number of rotatable bonds is 7. The van der Waals surface area contributed by atoms with Crippen LogP contribution in [0.4, 0.5) is 10.5 Å². The van der Waals surface area contributed by atoms with Crippen LogP contribution in [0.5, 0.6) is 0 Å². The van der Waals surface area contributed by atoms with Crippen LogP contribution in [-0.4, -0.2) is 25.2 Å². The highest BCUT2D eigenvalue weighted by atomic mass is 32.2. The van der Waals surface area contributed by atoms with Gasteiger partial charge in [-0.15, -0.1) is 0 Å². The van der Waals surface area contributed by atoms with E-state index in [-0.39, 0.29) is 16.7 Å². The van der Waals surface area contributed by atoms with Gasteiger partial charge in [-0.05, 0) is 47.9 Å². The van der Waals surface area contributed by atoms with Crippen molar-refractivity contribution in [2.45, 2.75) is 17.9 Å². The Balaban J connectivity index is 1.54. The molecule has 0 spiro atoms. The summed E-state index contributed by atoms with van der Waals surface area (Å²) in [6, 6.07) is 19.0. The SMILES string of the molecule is O=C(NCc1cccnc1)Nc1ccc(S(=O)(=O)CCc2ccccc2)cc1. The lowest BCUT2D eigenvalue weighted by atomic mass is 10.2. The Morgan fingerprint density at radius 1 is 0.893 bits per heavy atom. The van der Waals surface area contributed by atoms with Crippen LogP contribution < -0.4 is 10.6 Å². The molecule has 2 amide bonds. The van der Waals surface area contributed by atoms with Gasteiger partial charge in [-0.1, -0.05) is 36.4 Å². The number of nitrogens with zero attached hydrogens (tertiary/aromatic N) is 1. The summed E-state index contributed by atoms with van der Waals surface area (Å²) < 4.78 is 25.0. The Morgan fingerprint density at radius 3 is 2.29 bits per heavy atom. The number of hydrogen-bond acceptors (Lipinski definition) is 4. The van der Waals surface area contributed by atoms with Crippen molar-refractivity contribution in [3.63, 3.8) is 0 Å². The minimum Gasteiger partial charge on any atom is -0.334 e. The van der Waals surface area contributed by atoms with E-state index < -0.39 is 9.84 Å². The molecule has 0 bridgehead atoms. The number of urea groups is 1. The van der Waals surface area contributed by atoms with Gasteiger partial charge in [-0.2, -0.15) is 0 Å². The van der Waals surface area contributed by atoms with Gasteiger partial charge in [0.1, 0.15) is 0 Å². The predicted molar refractivity (Wildman–Crippen MR) is 109 cm³/mol. The normalized spacial score (nSPS) is 11.0. The van der Waals surface area contributed by atoms with Crippen LogP contribution >= 0.6 is 0 Å². The van der Waals surface area contributed by atoms with Crippen LogP contribution in [0.1, 0.15) is 11.1 Å². The lowest BCUT2D eigenvalue weighted by Gasteiger charge is -2.09. The fourth-order valence-corrected chi connectivity index (χ4v) is 3.91. The van der Waals surface area contributed by atoms with Crippen molar-refractivity contribution in [2.75, 3.05) is 11.1 Å². The number of sulfone groups is 1. The first-order chi connectivity index (χ1) is 13.5. The number of carbonyl (C=O) groups excluding carboxylic acids is 1. The Kier molecular flexibility index (Phi) is 6.39. The van der Waals surface area contributed by atoms with Crippen LogP contribution in [0.2, 0.25) is 0 Å². The Hall–Kier alpha value is -3.19. The first-order valence-electron chi connectivity index (χ1n) is 8.83. The van der Waals surface area contributed by atoms with Gasteiger partial charge in [0.2, 0.25) is 0 Å². The molecule has 1 aromatic heterocycles. The standard InChI is InChI=1S/C21H21N3O3S/c25-21(23-16-18-7-4-13-22-15-18)24-19-8-10-20(11-9-19)28(26,27)14-12-17-5-2-1-3-6-17/h1-11,13,15H,12,14,16H2,(H2,23,24,25). The second-order valence-corrected chi connectivity index (χ2v) is 8.36. The van der Waals surface area contributed by atoms with Crippen molar-refractivity contribution in [1.82, 2.24) is 10.3 Å². The Labute approximate surface area is 164 Å². The lowest BCUT2D eigenvalue weighted by molar-refractivity contribution is 0.251. The highest BCUT2D eigenvalue weighted by Gasteiger charge is 2.14. The summed E-state index contributed by atoms with van der Waals surface area (Å²) in [6.07, 6.45) is 3.80. The van der Waals surface area contributed by atoms with Crippen LogP contribution in [0.25, 0.3) is 0 Å². The highest BCUT2D eigenvalue weighted by molar-refractivity contribution is 7.91. The van der Waals surface area contributed by atoms with Gasteiger partial charge in [-0.3, -0.25) is 4.98 Å². The molecule has 0 saturated carbocycles. The van der Waals surface area contributed by atoms with E-state index in [0.29, 0.717) is 18.7 Å². The van der Waals surface area contributed by atoms with Crippen LogP contribution in [0.3, 0.4) is 0 Å². The van der Waals surface area contributed by atoms with Crippen molar-refractivity contribution in [1.29, 1.82) is 0 Å². The lowest BCUT2D eigenvalue weighted by Crippen LogP contribution is -2.28. The molecule has 144 valence electrons. The van der Waals surface area contributed by atoms with Gasteiger partial charge in [0, 0.05) is 24.6 Å². The van der Waals surface area contributed by atoms with E-state index in [1.54, 1.807) is 30.6 Å². The number of aryl methyl sites for hydroxylation is 1. The molecular formula is C21H21N3O3S. The minimum atomic E-state index is -3.39. The third kappa shape index (κ3) is 5.65. The zero-order valence-electron chi connectivity index (χ0n) is 15.2. The second-order valence-electron chi connectivity index (χ2n) is 6.25. The Morgan fingerprint density at radius 2 is 1.61 bits per heavy atom. The first-order valence-corrected chi connectivity index (χ1v) is 10.5. The minimum absolute atomic E-state index is 0.0371. The van der Waals surface area contributed by atoms with Crippen molar-refractivity contribution in [3.8, 4) is 0 Å². The van der Waals surface area contributed by atoms with E-state index in [1.807, 2.05) is 36.4 Å². The third-order valence-electron chi connectivity index (χ3n) is 4.15. The molecule has 0 aliphatic heterocycles. The molecule has 0 fully saturated rings. The molecule has 0 aliphatic carbocycles. The summed E-state index contributed by atoms with van der Waals surface area (Å²) in [5, 5.41) is 5.41. The molecule has 0 aliphatic rings. The molecule has 6 nitrogen and oxygen atoms in total. The fraction of sp³-hybridized carbons (Fsp3) is 0.143. The highest BCUT2D eigenvalue weighted by Crippen LogP contribution is 2.16. The van der Waals surface area contributed by atoms with Crippen LogP contribution in [0.15, 0.2) is 84.0 Å². The molecule has 7 heteroatoms. The second kappa shape index (κ2) is 9.14. The fourth-order valence-electron chi connectivity index (χ4n) is 2.62. The van der Waals surface area contributed by atoms with Crippen LogP contribution in [0, 0.1) is 0 Å². The predicted octanol–water partition coefficient (Wildman–Crippen LogP) is 3.42. The summed E-state index contributed by atoms with van der Waals surface area (Å²) >= 11 is 0. The van der Waals surface area contributed by atoms with E-state index in [0.717, 1.165) is 11.1 Å². The van der Waals surface area contributed by atoms with E-state index in [4.69, 9.17) is 0 Å². The first kappa shape index (κ1) is 19.6. The molecule has 2 N–H and O–H groups in total. The van der Waals surface area contributed by atoms with Crippen molar-refractivity contribution < 1.29 is 13.2 Å². The summed E-state index contributed by atoms with van der Waals surface area (Å²) in [7, 11) is -3.39. The van der Waals surface area contributed by atoms with Gasteiger partial charge >= 0.3 is 6.03 Å². The van der Waals surface area contributed by atoms with E-state index >= 15 is 0 Å². The number of hydrogen-bond donors (Lipinski definition) is 2. The number of aromatic nitrogens is 1. The molecule has 1 heterocycles. The van der Waals surface area contributed by atoms with E-state index in [9.17, 15) is 13.2 Å². The molecule has 3 rings (SSSR count). The number of amides is 2. The summed E-state index contributed by atoms with van der Waals surface area (Å²) in [4.78, 5) is 16.2.